The molecular formula is C29H33ClN4O4S. The average molecular weight is 569 g/mol. The zero-order valence-corrected chi connectivity index (χ0v) is 24.7. The molecule has 0 saturated heterocycles. The number of thiophene rings is 1. The molecule has 0 saturated carbocycles. The number of fused-ring (bicyclic) bond motifs is 1. The molecule has 2 N–H and O–H groups in total. The molecule has 0 aliphatic rings. The van der Waals surface area contributed by atoms with Crippen molar-refractivity contribution in [3.8, 4) is 21.9 Å². The average Bonchev–Trinajstić information content (AvgIpc) is 3.36. The van der Waals surface area contributed by atoms with Crippen molar-refractivity contribution < 1.29 is 19.0 Å². The molecule has 2 aromatic heterocycles. The van der Waals surface area contributed by atoms with E-state index < -0.39 is 11.7 Å². The molecule has 4 aromatic rings. The van der Waals surface area contributed by atoms with Crippen LogP contribution in [-0.2, 0) is 11.3 Å². The molecule has 0 spiro atoms. The van der Waals surface area contributed by atoms with Crippen LogP contribution in [0.15, 0.2) is 42.5 Å². The second kappa shape index (κ2) is 11.7. The number of carbonyl (C=O) groups is 1. The topological polar surface area (TPSA) is 94.6 Å². The lowest BCUT2D eigenvalue weighted by molar-refractivity contribution is 0.0523. The van der Waals surface area contributed by atoms with Crippen LogP contribution in [-0.4, -0.2) is 35.9 Å². The third-order valence-corrected chi connectivity index (χ3v) is 7.57. The van der Waals surface area contributed by atoms with Gasteiger partial charge in [0.2, 0.25) is 0 Å². The predicted octanol–water partition coefficient (Wildman–Crippen LogP) is 7.54. The van der Waals surface area contributed by atoms with Gasteiger partial charge in [-0.15, -0.1) is 11.3 Å². The molecule has 0 radical (unpaired) electrons. The summed E-state index contributed by atoms with van der Waals surface area (Å²) in [6.45, 7) is 9.69. The number of aryl methyl sites for hydroxylation is 1. The second-order valence-electron chi connectivity index (χ2n) is 10.0. The summed E-state index contributed by atoms with van der Waals surface area (Å²) in [5, 5.41) is 7.79. The van der Waals surface area contributed by atoms with Gasteiger partial charge in [0.15, 0.2) is 11.5 Å². The van der Waals surface area contributed by atoms with E-state index >= 15 is 0 Å². The molecule has 10 heteroatoms. The van der Waals surface area contributed by atoms with Crippen molar-refractivity contribution in [2.75, 3.05) is 19.5 Å². The number of methoxy groups -OCH3 is 2. The van der Waals surface area contributed by atoms with Crippen LogP contribution in [0.3, 0.4) is 0 Å². The van der Waals surface area contributed by atoms with E-state index in [1.54, 1.807) is 25.6 Å². The first-order valence-corrected chi connectivity index (χ1v) is 13.7. The first kappa shape index (κ1) is 28.4. The van der Waals surface area contributed by atoms with Gasteiger partial charge in [-0.3, -0.25) is 0 Å². The van der Waals surface area contributed by atoms with Gasteiger partial charge in [-0.1, -0.05) is 23.7 Å². The molecule has 1 amide bonds. The molecule has 1 unspecified atom stereocenters. The first-order valence-electron chi connectivity index (χ1n) is 12.5. The highest BCUT2D eigenvalue weighted by molar-refractivity contribution is 7.15. The minimum atomic E-state index is -0.579. The van der Waals surface area contributed by atoms with E-state index in [1.165, 1.54) is 0 Å². The summed E-state index contributed by atoms with van der Waals surface area (Å²) in [5.74, 6) is 2.59. The molecule has 0 bridgehead atoms. The Hall–Kier alpha value is -3.56. The molecule has 0 fully saturated rings. The van der Waals surface area contributed by atoms with Gasteiger partial charge >= 0.3 is 6.09 Å². The summed E-state index contributed by atoms with van der Waals surface area (Å²) < 4.78 is 16.3. The quantitative estimate of drug-likeness (QED) is 0.227. The van der Waals surface area contributed by atoms with Gasteiger partial charge in [0.25, 0.3) is 0 Å². The lowest BCUT2D eigenvalue weighted by atomic mass is 10.1. The molecule has 206 valence electrons. The molecule has 4 rings (SSSR count). The maximum Gasteiger partial charge on any atom is 0.407 e. The largest absolute Gasteiger partial charge is 0.493 e. The molecule has 2 heterocycles. The van der Waals surface area contributed by atoms with Gasteiger partial charge in [-0.25, -0.2) is 14.8 Å². The number of nitrogens with zero attached hydrogens (tertiary/aromatic N) is 2. The van der Waals surface area contributed by atoms with Gasteiger partial charge in [-0.05, 0) is 70.0 Å². The van der Waals surface area contributed by atoms with Crippen LogP contribution >= 0.6 is 22.9 Å². The normalized spacial score (nSPS) is 12.2. The number of hydrogen-bond donors (Lipinski definition) is 2. The van der Waals surface area contributed by atoms with E-state index in [0.717, 1.165) is 31.8 Å². The summed E-state index contributed by atoms with van der Waals surface area (Å²) in [7, 11) is 3.21. The Bertz CT molecular complexity index is 1500. The molecule has 0 aliphatic carbocycles. The Kier molecular flexibility index (Phi) is 8.51. The highest BCUT2D eigenvalue weighted by atomic mass is 35.5. The maximum absolute atomic E-state index is 12.2. The Morgan fingerprint density at radius 2 is 1.79 bits per heavy atom. The van der Waals surface area contributed by atoms with E-state index in [4.69, 9.17) is 25.8 Å². The lowest BCUT2D eigenvalue weighted by Crippen LogP contribution is -2.32. The van der Waals surface area contributed by atoms with Crippen LogP contribution in [0, 0.1) is 6.92 Å². The number of amides is 1. The van der Waals surface area contributed by atoms with Crippen LogP contribution < -0.4 is 20.1 Å². The number of carbonyl (C=O) groups excluding carboxylic acids is 1. The number of anilines is 1. The number of benzene rings is 2. The zero-order chi connectivity index (χ0) is 28.3. The smallest absolute Gasteiger partial charge is 0.407 e. The van der Waals surface area contributed by atoms with Gasteiger partial charge in [-0.2, -0.15) is 0 Å². The van der Waals surface area contributed by atoms with Crippen LogP contribution in [0.1, 0.15) is 50.0 Å². The number of ether oxygens (including phenoxy) is 3. The fraction of sp³-hybridized carbons (Fsp3) is 0.345. The summed E-state index contributed by atoms with van der Waals surface area (Å²) in [6.07, 6.45) is -0.486. The number of hydrogen-bond acceptors (Lipinski definition) is 8. The van der Waals surface area contributed by atoms with E-state index in [2.05, 4.69) is 39.7 Å². The van der Waals surface area contributed by atoms with E-state index in [9.17, 15) is 4.79 Å². The summed E-state index contributed by atoms with van der Waals surface area (Å²) >= 11 is 8.21. The van der Waals surface area contributed by atoms with Gasteiger partial charge in [0.05, 0.1) is 25.8 Å². The summed E-state index contributed by atoms with van der Waals surface area (Å²) in [5.41, 5.74) is 1.98. The van der Waals surface area contributed by atoms with Crippen molar-refractivity contribution in [1.82, 2.24) is 15.3 Å². The number of rotatable bonds is 8. The highest BCUT2D eigenvalue weighted by Gasteiger charge is 2.19. The Morgan fingerprint density at radius 1 is 1.08 bits per heavy atom. The van der Waals surface area contributed by atoms with Gasteiger partial charge in [0.1, 0.15) is 17.2 Å². The van der Waals surface area contributed by atoms with Crippen LogP contribution in [0.2, 0.25) is 5.02 Å². The number of nitrogens with one attached hydrogen (secondary N) is 2. The highest BCUT2D eigenvalue weighted by Crippen LogP contribution is 2.38. The lowest BCUT2D eigenvalue weighted by Gasteiger charge is -2.20. The molecule has 8 nitrogen and oxygen atoms in total. The van der Waals surface area contributed by atoms with Crippen molar-refractivity contribution in [2.45, 2.75) is 52.8 Å². The summed E-state index contributed by atoms with van der Waals surface area (Å²) in [6, 6.07) is 13.6. The van der Waals surface area contributed by atoms with Crippen molar-refractivity contribution >= 4 is 45.8 Å². The Morgan fingerprint density at radius 3 is 2.49 bits per heavy atom. The van der Waals surface area contributed by atoms with Crippen LogP contribution in [0.4, 0.5) is 10.6 Å². The Labute approximate surface area is 237 Å². The van der Waals surface area contributed by atoms with Gasteiger partial charge < -0.3 is 24.8 Å². The van der Waals surface area contributed by atoms with Crippen LogP contribution in [0.25, 0.3) is 21.3 Å². The molecule has 39 heavy (non-hydrogen) atoms. The van der Waals surface area contributed by atoms with Gasteiger partial charge in [0, 0.05) is 32.8 Å². The number of halogens is 1. The fourth-order valence-electron chi connectivity index (χ4n) is 4.13. The standard InChI is InChI=1S/C29H33ClN4O4S/c1-16(32-27-19-13-23(36-6)24(37-7)14-22(19)33-17(2)34-27)25-11-12-26(39-25)18-9-8-10-21(30)20(18)15-31-28(35)38-29(3,4)5/h8-14,16H,15H2,1-7H3,(H,31,35)(H,32,33,34). The fourth-order valence-corrected chi connectivity index (χ4v) is 5.44. The van der Waals surface area contributed by atoms with Crippen molar-refractivity contribution in [3.05, 3.63) is 63.8 Å². The predicted molar refractivity (Wildman–Crippen MR) is 157 cm³/mol. The Balaban J connectivity index is 1.59. The van der Waals surface area contributed by atoms with Crippen molar-refractivity contribution in [2.24, 2.45) is 0 Å². The zero-order valence-electron chi connectivity index (χ0n) is 23.1. The second-order valence-corrected chi connectivity index (χ2v) is 11.6. The summed E-state index contributed by atoms with van der Waals surface area (Å²) in [4.78, 5) is 23.6. The monoisotopic (exact) mass is 568 g/mol. The van der Waals surface area contributed by atoms with Crippen molar-refractivity contribution in [1.29, 1.82) is 0 Å². The molecular weight excluding hydrogens is 536 g/mol. The molecule has 2 aromatic carbocycles. The third kappa shape index (κ3) is 6.72. The van der Waals surface area contributed by atoms with E-state index in [-0.39, 0.29) is 12.6 Å². The van der Waals surface area contributed by atoms with Crippen molar-refractivity contribution in [3.63, 3.8) is 0 Å². The maximum atomic E-state index is 12.2. The molecule has 1 atom stereocenters. The third-order valence-electron chi connectivity index (χ3n) is 5.91. The minimum absolute atomic E-state index is 0.0446. The van der Waals surface area contributed by atoms with Crippen LogP contribution in [0.5, 0.6) is 11.5 Å². The SMILES string of the molecule is COc1cc2nc(C)nc(NC(C)c3ccc(-c4cccc(Cl)c4CNC(=O)OC(C)(C)C)s3)c2cc1OC. The minimum Gasteiger partial charge on any atom is -0.493 e. The number of aromatic nitrogens is 2. The van der Waals surface area contributed by atoms with E-state index in [0.29, 0.717) is 28.2 Å². The number of alkyl carbamates (subject to hydrolysis) is 1. The van der Waals surface area contributed by atoms with E-state index in [1.807, 2.05) is 58.0 Å². The first-order chi connectivity index (χ1) is 18.5. The molecule has 0 aliphatic heterocycles.